The van der Waals surface area contributed by atoms with Crippen LogP contribution in [0.2, 0.25) is 5.02 Å². The Morgan fingerprint density at radius 1 is 1.19 bits per heavy atom. The third-order valence-electron chi connectivity index (χ3n) is 2.74. The largest absolute Gasteiger partial charge is 0.454 e. The van der Waals surface area contributed by atoms with Gasteiger partial charge < -0.3 is 10.5 Å². The van der Waals surface area contributed by atoms with Gasteiger partial charge in [-0.25, -0.2) is 9.18 Å². The number of hydrogen-bond donors (Lipinski definition) is 1. The number of nitrogen functional groups attached to an aromatic ring is 1. The van der Waals surface area contributed by atoms with Crippen LogP contribution in [0, 0.1) is 5.82 Å². The number of ether oxygens (including phenoxy) is 1. The van der Waals surface area contributed by atoms with E-state index < -0.39 is 18.4 Å². The summed E-state index contributed by atoms with van der Waals surface area (Å²) < 4.78 is 18.0. The van der Waals surface area contributed by atoms with Gasteiger partial charge >= 0.3 is 5.97 Å². The Labute approximate surface area is 125 Å². The first-order valence-electron chi connectivity index (χ1n) is 5.99. The Kier molecular flexibility index (Phi) is 4.55. The summed E-state index contributed by atoms with van der Waals surface area (Å²) in [6.45, 7) is -0.434. The van der Waals surface area contributed by atoms with Crippen molar-refractivity contribution in [3.05, 3.63) is 64.4 Å². The van der Waals surface area contributed by atoms with Gasteiger partial charge in [0.2, 0.25) is 0 Å². The summed E-state index contributed by atoms with van der Waals surface area (Å²) in [5.41, 5.74) is 5.48. The molecule has 0 aliphatic carbocycles. The van der Waals surface area contributed by atoms with E-state index in [2.05, 4.69) is 0 Å². The van der Waals surface area contributed by atoms with E-state index in [1.54, 1.807) is 30.3 Å². The molecule has 2 rings (SSSR count). The normalized spacial score (nSPS) is 10.2. The van der Waals surface area contributed by atoms with Crippen LogP contribution < -0.4 is 5.73 Å². The third kappa shape index (κ3) is 3.58. The minimum absolute atomic E-state index is 0.0866. The molecule has 0 unspecified atom stereocenters. The Morgan fingerprint density at radius 2 is 1.86 bits per heavy atom. The topological polar surface area (TPSA) is 69.4 Å². The third-order valence-corrected chi connectivity index (χ3v) is 3.05. The van der Waals surface area contributed by atoms with Crippen molar-refractivity contribution in [2.75, 3.05) is 12.3 Å². The second-order valence-corrected chi connectivity index (χ2v) is 4.63. The summed E-state index contributed by atoms with van der Waals surface area (Å²) in [6.07, 6.45) is 0. The van der Waals surface area contributed by atoms with Gasteiger partial charge in [-0.3, -0.25) is 4.79 Å². The van der Waals surface area contributed by atoms with Crippen molar-refractivity contribution in [1.29, 1.82) is 0 Å². The molecule has 0 amide bonds. The zero-order valence-electron chi connectivity index (χ0n) is 10.8. The lowest BCUT2D eigenvalue weighted by Gasteiger charge is -2.07. The van der Waals surface area contributed by atoms with Gasteiger partial charge in [0.1, 0.15) is 5.82 Å². The lowest BCUT2D eigenvalue weighted by molar-refractivity contribution is 0.0475. The average Bonchev–Trinajstić information content (AvgIpc) is 2.49. The van der Waals surface area contributed by atoms with Gasteiger partial charge in [-0.2, -0.15) is 0 Å². The molecule has 0 saturated heterocycles. The SMILES string of the molecule is Nc1cc(C(=O)OCC(=O)c2ccccc2)c(Cl)cc1F. The summed E-state index contributed by atoms with van der Waals surface area (Å²) >= 11 is 5.75. The number of halogens is 2. The number of hydrogen-bond acceptors (Lipinski definition) is 4. The van der Waals surface area contributed by atoms with Crippen LogP contribution in [-0.2, 0) is 4.74 Å². The second-order valence-electron chi connectivity index (χ2n) is 4.22. The number of ketones is 1. The summed E-state index contributed by atoms with van der Waals surface area (Å²) in [5, 5.41) is -0.126. The van der Waals surface area contributed by atoms with Gasteiger partial charge in [0.05, 0.1) is 16.3 Å². The Hall–Kier alpha value is -2.40. The molecule has 0 aromatic heterocycles. The molecule has 0 fully saturated rings. The molecule has 21 heavy (non-hydrogen) atoms. The smallest absolute Gasteiger partial charge is 0.340 e. The molecule has 0 aliphatic heterocycles. The lowest BCUT2D eigenvalue weighted by Crippen LogP contribution is -2.15. The van der Waals surface area contributed by atoms with Crippen LogP contribution in [0.25, 0.3) is 0 Å². The molecule has 0 aliphatic rings. The first-order chi connectivity index (χ1) is 9.99. The molecule has 6 heteroatoms. The van der Waals surface area contributed by atoms with Gasteiger partial charge in [0, 0.05) is 5.56 Å². The van der Waals surface area contributed by atoms with E-state index in [9.17, 15) is 14.0 Å². The highest BCUT2D eigenvalue weighted by Crippen LogP contribution is 2.23. The van der Waals surface area contributed by atoms with E-state index in [0.29, 0.717) is 5.56 Å². The number of esters is 1. The van der Waals surface area contributed by atoms with Crippen molar-refractivity contribution in [1.82, 2.24) is 0 Å². The molecule has 0 saturated carbocycles. The van der Waals surface area contributed by atoms with E-state index in [0.717, 1.165) is 12.1 Å². The van der Waals surface area contributed by atoms with E-state index in [4.69, 9.17) is 22.1 Å². The van der Waals surface area contributed by atoms with Crippen LogP contribution >= 0.6 is 11.6 Å². The van der Waals surface area contributed by atoms with E-state index in [-0.39, 0.29) is 22.1 Å². The van der Waals surface area contributed by atoms with Crippen molar-refractivity contribution in [2.45, 2.75) is 0 Å². The van der Waals surface area contributed by atoms with Crippen molar-refractivity contribution in [3.63, 3.8) is 0 Å². The number of rotatable bonds is 4. The maximum Gasteiger partial charge on any atom is 0.340 e. The molecule has 2 N–H and O–H groups in total. The van der Waals surface area contributed by atoms with Crippen LogP contribution in [0.1, 0.15) is 20.7 Å². The molecular formula is C15H11ClFNO3. The minimum Gasteiger partial charge on any atom is -0.454 e. The monoisotopic (exact) mass is 307 g/mol. The standard InChI is InChI=1S/C15H11ClFNO3/c16-11-7-12(17)13(18)6-10(11)15(20)21-8-14(19)9-4-2-1-3-5-9/h1-7H,8,18H2. The lowest BCUT2D eigenvalue weighted by atomic mass is 10.1. The molecule has 108 valence electrons. The molecule has 0 bridgehead atoms. The van der Waals surface area contributed by atoms with Gasteiger partial charge in [0.15, 0.2) is 12.4 Å². The van der Waals surface area contributed by atoms with Crippen LogP contribution in [0.4, 0.5) is 10.1 Å². The summed E-state index contributed by atoms with van der Waals surface area (Å²) in [5.74, 6) is -1.91. The second kappa shape index (κ2) is 6.37. The molecule has 0 atom stereocenters. The van der Waals surface area contributed by atoms with Gasteiger partial charge in [-0.05, 0) is 12.1 Å². The van der Waals surface area contributed by atoms with Crippen molar-refractivity contribution >= 4 is 29.0 Å². The molecule has 4 nitrogen and oxygen atoms in total. The maximum atomic E-state index is 13.1. The highest BCUT2D eigenvalue weighted by atomic mass is 35.5. The summed E-state index contributed by atoms with van der Waals surface area (Å²) in [6, 6.07) is 10.4. The van der Waals surface area contributed by atoms with Crippen LogP contribution in [-0.4, -0.2) is 18.4 Å². The van der Waals surface area contributed by atoms with Gasteiger partial charge in [-0.1, -0.05) is 41.9 Å². The molecule has 0 heterocycles. The fraction of sp³-hybridized carbons (Fsp3) is 0.0667. The first-order valence-corrected chi connectivity index (χ1v) is 6.36. The Morgan fingerprint density at radius 3 is 2.52 bits per heavy atom. The van der Waals surface area contributed by atoms with Crippen molar-refractivity contribution in [3.8, 4) is 0 Å². The van der Waals surface area contributed by atoms with E-state index >= 15 is 0 Å². The van der Waals surface area contributed by atoms with E-state index in [1.807, 2.05) is 0 Å². The fourth-order valence-corrected chi connectivity index (χ4v) is 1.87. The molecular weight excluding hydrogens is 297 g/mol. The maximum absolute atomic E-state index is 13.1. The quantitative estimate of drug-likeness (QED) is 0.535. The van der Waals surface area contributed by atoms with E-state index in [1.165, 1.54) is 0 Å². The zero-order valence-corrected chi connectivity index (χ0v) is 11.6. The summed E-state index contributed by atoms with van der Waals surface area (Å²) in [4.78, 5) is 23.6. The number of anilines is 1. The predicted molar refractivity (Wildman–Crippen MR) is 76.9 cm³/mol. The first kappa shape index (κ1) is 15.0. The molecule has 2 aromatic rings. The number of carbonyl (C=O) groups excluding carboxylic acids is 2. The Balaban J connectivity index is 2.06. The highest BCUT2D eigenvalue weighted by molar-refractivity contribution is 6.33. The number of nitrogens with two attached hydrogens (primary N) is 1. The zero-order chi connectivity index (χ0) is 15.4. The molecule has 0 spiro atoms. The van der Waals surface area contributed by atoms with Crippen molar-refractivity contribution < 1.29 is 18.7 Å². The average molecular weight is 308 g/mol. The van der Waals surface area contributed by atoms with Gasteiger partial charge in [-0.15, -0.1) is 0 Å². The highest BCUT2D eigenvalue weighted by Gasteiger charge is 2.16. The molecule has 2 aromatic carbocycles. The van der Waals surface area contributed by atoms with Crippen LogP contribution in [0.5, 0.6) is 0 Å². The number of benzene rings is 2. The fourth-order valence-electron chi connectivity index (χ4n) is 1.64. The van der Waals surface area contributed by atoms with Crippen LogP contribution in [0.3, 0.4) is 0 Å². The summed E-state index contributed by atoms with van der Waals surface area (Å²) in [7, 11) is 0. The minimum atomic E-state index is -0.837. The van der Waals surface area contributed by atoms with Crippen molar-refractivity contribution in [2.24, 2.45) is 0 Å². The predicted octanol–water partition coefficient (Wildman–Crippen LogP) is 3.10. The van der Waals surface area contributed by atoms with Crippen LogP contribution in [0.15, 0.2) is 42.5 Å². The van der Waals surface area contributed by atoms with Gasteiger partial charge in [0.25, 0.3) is 0 Å². The molecule has 0 radical (unpaired) electrons. The number of Topliss-reactive ketones (excluding diaryl/α,β-unsaturated/α-hetero) is 1. The Bertz CT molecular complexity index is 689. The number of carbonyl (C=O) groups is 2.